The Kier molecular flexibility index (Phi) is 6.57. The summed E-state index contributed by atoms with van der Waals surface area (Å²) < 4.78 is 25.2. The Morgan fingerprint density at radius 1 is 1.47 bits per heavy atom. The van der Waals surface area contributed by atoms with Gasteiger partial charge in [-0.25, -0.2) is 8.42 Å². The second-order valence-electron chi connectivity index (χ2n) is 3.29. The maximum Gasteiger partial charge on any atom is 0.218 e. The first-order valence-electron chi connectivity index (χ1n) is 5.13. The highest BCUT2D eigenvalue weighted by atomic mass is 32.2. The van der Waals surface area contributed by atoms with Crippen LogP contribution in [0.3, 0.4) is 0 Å². The zero-order chi connectivity index (χ0) is 11.9. The van der Waals surface area contributed by atoms with Gasteiger partial charge in [-0.2, -0.15) is 4.31 Å². The molecule has 0 aliphatic heterocycles. The fourth-order valence-electron chi connectivity index (χ4n) is 1.19. The van der Waals surface area contributed by atoms with Crippen molar-refractivity contribution in [2.45, 2.75) is 26.0 Å². The van der Waals surface area contributed by atoms with E-state index in [4.69, 9.17) is 6.42 Å². The molecule has 1 unspecified atom stereocenters. The second-order valence-corrected chi connectivity index (χ2v) is 5.64. The predicted octanol–water partition coefficient (Wildman–Crippen LogP) is 0.269. The van der Waals surface area contributed by atoms with Crippen molar-refractivity contribution in [3.05, 3.63) is 0 Å². The summed E-state index contributed by atoms with van der Waals surface area (Å²) in [5, 5.41) is 2.58. The maximum atomic E-state index is 11.9. The van der Waals surface area contributed by atoms with E-state index in [0.29, 0.717) is 13.1 Å². The summed E-state index contributed by atoms with van der Waals surface area (Å²) in [6, 6.07) is 0. The van der Waals surface area contributed by atoms with Gasteiger partial charge in [0.1, 0.15) is 0 Å². The van der Waals surface area contributed by atoms with Gasteiger partial charge in [0, 0.05) is 13.1 Å². The molecule has 0 amide bonds. The lowest BCUT2D eigenvalue weighted by Gasteiger charge is -2.22. The Bertz CT molecular complexity index is 306. The smallest absolute Gasteiger partial charge is 0.218 e. The highest BCUT2D eigenvalue weighted by Gasteiger charge is 2.26. The lowest BCUT2D eigenvalue weighted by Crippen LogP contribution is -2.42. The fraction of sp³-hybridized carbons (Fsp3) is 0.800. The molecule has 0 aliphatic rings. The maximum absolute atomic E-state index is 11.9. The third-order valence-electron chi connectivity index (χ3n) is 2.17. The minimum absolute atomic E-state index is 0.148. The van der Waals surface area contributed by atoms with Crippen LogP contribution in [-0.2, 0) is 10.0 Å². The number of hydrogen-bond donors (Lipinski definition) is 1. The van der Waals surface area contributed by atoms with E-state index in [-0.39, 0.29) is 6.54 Å². The van der Waals surface area contributed by atoms with Crippen molar-refractivity contribution < 1.29 is 8.42 Å². The molecule has 0 aromatic carbocycles. The van der Waals surface area contributed by atoms with E-state index in [1.807, 2.05) is 6.92 Å². The zero-order valence-corrected chi connectivity index (χ0v) is 10.5. The number of nitrogens with one attached hydrogen (secondary N) is 1. The number of terminal acetylenes is 1. The molecule has 88 valence electrons. The quantitative estimate of drug-likeness (QED) is 0.641. The summed E-state index contributed by atoms with van der Waals surface area (Å²) in [5.41, 5.74) is 0. The van der Waals surface area contributed by atoms with E-state index in [1.165, 1.54) is 4.31 Å². The largest absolute Gasteiger partial charge is 0.316 e. The van der Waals surface area contributed by atoms with Crippen LogP contribution in [0.25, 0.3) is 0 Å². The lowest BCUT2D eigenvalue weighted by molar-refractivity contribution is 0.452. The molecule has 5 heteroatoms. The Labute approximate surface area is 93.1 Å². The lowest BCUT2D eigenvalue weighted by atomic mass is 10.5. The molecule has 1 N–H and O–H groups in total. The molecule has 15 heavy (non-hydrogen) atoms. The minimum Gasteiger partial charge on any atom is -0.316 e. The van der Waals surface area contributed by atoms with Crippen LogP contribution in [0.4, 0.5) is 0 Å². The van der Waals surface area contributed by atoms with Crippen LogP contribution in [-0.4, -0.2) is 44.2 Å². The average Bonchev–Trinajstić information content (AvgIpc) is 2.21. The van der Waals surface area contributed by atoms with Crippen LogP contribution < -0.4 is 5.32 Å². The van der Waals surface area contributed by atoms with E-state index >= 15 is 0 Å². The molecule has 0 rings (SSSR count). The van der Waals surface area contributed by atoms with Crippen molar-refractivity contribution in [3.63, 3.8) is 0 Å². The first kappa shape index (κ1) is 14.4. The van der Waals surface area contributed by atoms with Gasteiger partial charge in [0.15, 0.2) is 0 Å². The van der Waals surface area contributed by atoms with Gasteiger partial charge in [-0.15, -0.1) is 6.42 Å². The van der Waals surface area contributed by atoms with Crippen molar-refractivity contribution in [2.24, 2.45) is 0 Å². The first-order chi connectivity index (χ1) is 7.00. The molecule has 0 heterocycles. The van der Waals surface area contributed by atoms with Gasteiger partial charge in [0.05, 0.1) is 11.8 Å². The van der Waals surface area contributed by atoms with Crippen LogP contribution in [0.5, 0.6) is 0 Å². The third-order valence-corrected chi connectivity index (χ3v) is 4.46. The monoisotopic (exact) mass is 232 g/mol. The first-order valence-corrected chi connectivity index (χ1v) is 6.64. The van der Waals surface area contributed by atoms with Gasteiger partial charge in [0.2, 0.25) is 10.0 Å². The topological polar surface area (TPSA) is 49.4 Å². The molecule has 0 saturated heterocycles. The van der Waals surface area contributed by atoms with Gasteiger partial charge in [-0.1, -0.05) is 19.8 Å². The average molecular weight is 232 g/mol. The highest BCUT2D eigenvalue weighted by Crippen LogP contribution is 2.07. The summed E-state index contributed by atoms with van der Waals surface area (Å²) in [7, 11) is -3.26. The van der Waals surface area contributed by atoms with Crippen molar-refractivity contribution in [3.8, 4) is 12.3 Å². The van der Waals surface area contributed by atoms with Gasteiger partial charge in [0.25, 0.3) is 0 Å². The van der Waals surface area contributed by atoms with Crippen LogP contribution >= 0.6 is 0 Å². The summed E-state index contributed by atoms with van der Waals surface area (Å²) in [5.74, 6) is 2.36. The summed E-state index contributed by atoms with van der Waals surface area (Å²) in [6.07, 6.45) is 5.13. The van der Waals surface area contributed by atoms with Crippen LogP contribution in [0.2, 0.25) is 0 Å². The number of rotatable bonds is 7. The Balaban J connectivity index is 4.56. The third kappa shape index (κ3) is 4.20. The highest BCUT2D eigenvalue weighted by molar-refractivity contribution is 7.89. The Hall–Kier alpha value is -0.570. The molecule has 4 nitrogen and oxygen atoms in total. The molecule has 0 radical (unpaired) electrons. The van der Waals surface area contributed by atoms with Crippen LogP contribution in [0.1, 0.15) is 20.8 Å². The van der Waals surface area contributed by atoms with Crippen molar-refractivity contribution in [1.82, 2.24) is 9.62 Å². The van der Waals surface area contributed by atoms with Crippen LogP contribution in [0.15, 0.2) is 0 Å². The Morgan fingerprint density at radius 2 is 2.07 bits per heavy atom. The zero-order valence-electron chi connectivity index (χ0n) is 9.66. The van der Waals surface area contributed by atoms with Crippen molar-refractivity contribution in [1.29, 1.82) is 0 Å². The van der Waals surface area contributed by atoms with Gasteiger partial charge < -0.3 is 5.32 Å². The molecule has 0 aromatic heterocycles. The SMILES string of the molecule is C#CCN(CC)S(=O)(=O)C(C)CNCC. The second kappa shape index (κ2) is 6.83. The van der Waals surface area contributed by atoms with Crippen molar-refractivity contribution >= 4 is 10.0 Å². The van der Waals surface area contributed by atoms with Crippen molar-refractivity contribution in [2.75, 3.05) is 26.2 Å². The molecule has 0 aliphatic carbocycles. The summed E-state index contributed by atoms with van der Waals surface area (Å²) >= 11 is 0. The van der Waals surface area contributed by atoms with E-state index in [9.17, 15) is 8.42 Å². The normalized spacial score (nSPS) is 13.8. The minimum atomic E-state index is -3.26. The Morgan fingerprint density at radius 3 is 2.47 bits per heavy atom. The van der Waals surface area contributed by atoms with E-state index in [0.717, 1.165) is 6.54 Å². The van der Waals surface area contributed by atoms with E-state index < -0.39 is 15.3 Å². The molecule has 0 aromatic rings. The molecular formula is C10H20N2O2S. The van der Waals surface area contributed by atoms with E-state index in [1.54, 1.807) is 13.8 Å². The molecule has 0 saturated carbocycles. The standard InChI is InChI=1S/C10H20N2O2S/c1-5-8-12(7-3)15(13,14)10(4)9-11-6-2/h1,10-11H,6-9H2,2-4H3. The predicted molar refractivity (Wildman–Crippen MR) is 63.0 cm³/mol. The molecule has 0 bridgehead atoms. The van der Waals surface area contributed by atoms with Crippen LogP contribution in [0, 0.1) is 12.3 Å². The number of nitrogens with zero attached hydrogens (tertiary/aromatic N) is 1. The van der Waals surface area contributed by atoms with Gasteiger partial charge >= 0.3 is 0 Å². The number of sulfonamides is 1. The summed E-state index contributed by atoms with van der Waals surface area (Å²) in [4.78, 5) is 0. The number of hydrogen-bond acceptors (Lipinski definition) is 3. The molecule has 0 spiro atoms. The fourth-order valence-corrected chi connectivity index (χ4v) is 2.64. The van der Waals surface area contributed by atoms with E-state index in [2.05, 4.69) is 11.2 Å². The molecule has 0 fully saturated rings. The molecule has 1 atom stereocenters. The van der Waals surface area contributed by atoms with Gasteiger partial charge in [-0.3, -0.25) is 0 Å². The van der Waals surface area contributed by atoms with Gasteiger partial charge in [-0.05, 0) is 13.5 Å². The molecular weight excluding hydrogens is 212 g/mol. The summed E-state index contributed by atoms with van der Waals surface area (Å²) in [6.45, 7) is 7.21.